The van der Waals surface area contributed by atoms with Crippen LogP contribution in [0.15, 0.2) is 48.7 Å². The molecule has 3 rings (SSSR count). The number of hydrogen-bond acceptors (Lipinski definition) is 4. The molecule has 2 atom stereocenters. The average molecular weight is 268 g/mol. The van der Waals surface area contributed by atoms with Crippen molar-refractivity contribution in [2.75, 3.05) is 5.32 Å². The van der Waals surface area contributed by atoms with Crippen LogP contribution in [-0.2, 0) is 4.79 Å². The molecule has 0 bridgehead atoms. The number of rotatable bonds is 2. The number of ketones is 1. The number of carbonyl (C=O) groups excluding carboxylic acids is 2. The van der Waals surface area contributed by atoms with E-state index in [2.05, 4.69) is 10.3 Å². The molecule has 0 radical (unpaired) electrons. The van der Waals surface area contributed by atoms with Crippen LogP contribution in [0.3, 0.4) is 0 Å². The Bertz CT molecular complexity index is 670. The molecule has 5 heteroatoms. The van der Waals surface area contributed by atoms with Crippen LogP contribution in [0.4, 0.5) is 5.82 Å². The van der Waals surface area contributed by atoms with Crippen LogP contribution >= 0.6 is 0 Å². The Kier molecular flexibility index (Phi) is 3.04. The Labute approximate surface area is 115 Å². The fourth-order valence-electron chi connectivity index (χ4n) is 2.31. The van der Waals surface area contributed by atoms with Crippen molar-refractivity contribution >= 4 is 17.5 Å². The Morgan fingerprint density at radius 3 is 2.60 bits per heavy atom. The molecule has 0 saturated heterocycles. The predicted molar refractivity (Wildman–Crippen MR) is 72.1 cm³/mol. The van der Waals surface area contributed by atoms with Gasteiger partial charge in [-0.15, -0.1) is 0 Å². The van der Waals surface area contributed by atoms with Gasteiger partial charge >= 0.3 is 0 Å². The second kappa shape index (κ2) is 4.86. The number of aliphatic hydroxyl groups excluding tert-OH is 1. The van der Waals surface area contributed by atoms with Crippen molar-refractivity contribution in [3.8, 4) is 0 Å². The molecule has 1 aliphatic rings. The summed E-state index contributed by atoms with van der Waals surface area (Å²) in [6.07, 6.45) is 0.331. The number of nitrogens with zero attached hydrogens (tertiary/aromatic N) is 1. The highest BCUT2D eigenvalue weighted by atomic mass is 16.3. The third kappa shape index (κ3) is 1.98. The molecule has 2 unspecified atom stereocenters. The first kappa shape index (κ1) is 12.5. The highest BCUT2D eigenvalue weighted by Gasteiger charge is 2.40. The van der Waals surface area contributed by atoms with Gasteiger partial charge in [-0.25, -0.2) is 4.98 Å². The minimum atomic E-state index is -1.17. The second-order valence-corrected chi connectivity index (χ2v) is 4.59. The van der Waals surface area contributed by atoms with Crippen LogP contribution in [0.5, 0.6) is 0 Å². The summed E-state index contributed by atoms with van der Waals surface area (Å²) in [7, 11) is 0. The van der Waals surface area contributed by atoms with Gasteiger partial charge in [-0.1, -0.05) is 30.3 Å². The molecule has 0 aliphatic carbocycles. The minimum Gasteiger partial charge on any atom is -0.387 e. The lowest BCUT2D eigenvalue weighted by atomic mass is 9.86. The van der Waals surface area contributed by atoms with E-state index in [4.69, 9.17) is 0 Å². The summed E-state index contributed by atoms with van der Waals surface area (Å²) >= 11 is 0. The van der Waals surface area contributed by atoms with Gasteiger partial charge in [0.15, 0.2) is 5.78 Å². The molecule has 2 N–H and O–H groups in total. The van der Waals surface area contributed by atoms with E-state index >= 15 is 0 Å². The molecular weight excluding hydrogens is 256 g/mol. The van der Waals surface area contributed by atoms with Crippen molar-refractivity contribution in [3.63, 3.8) is 0 Å². The Morgan fingerprint density at radius 2 is 1.85 bits per heavy atom. The van der Waals surface area contributed by atoms with Gasteiger partial charge in [0.25, 0.3) is 0 Å². The SMILES string of the molecule is O=C1Nc2ncccc2C(=O)C1C(O)c1ccccc1. The maximum absolute atomic E-state index is 12.4. The topological polar surface area (TPSA) is 79.3 Å². The number of fused-ring (bicyclic) bond motifs is 1. The van der Waals surface area contributed by atoms with Gasteiger partial charge in [0.1, 0.15) is 11.7 Å². The zero-order chi connectivity index (χ0) is 14.1. The zero-order valence-electron chi connectivity index (χ0n) is 10.5. The Morgan fingerprint density at radius 1 is 1.10 bits per heavy atom. The Hall–Kier alpha value is -2.53. The summed E-state index contributed by atoms with van der Waals surface area (Å²) in [6.45, 7) is 0. The minimum absolute atomic E-state index is 0.249. The number of hydrogen-bond donors (Lipinski definition) is 2. The van der Waals surface area contributed by atoms with Gasteiger partial charge in [-0.3, -0.25) is 9.59 Å². The maximum atomic E-state index is 12.4. The van der Waals surface area contributed by atoms with Crippen LogP contribution in [0.25, 0.3) is 0 Å². The quantitative estimate of drug-likeness (QED) is 0.810. The highest BCUT2D eigenvalue weighted by molar-refractivity contribution is 6.20. The van der Waals surface area contributed by atoms with Crippen molar-refractivity contribution < 1.29 is 14.7 Å². The molecule has 0 spiro atoms. The smallest absolute Gasteiger partial charge is 0.239 e. The first-order chi connectivity index (χ1) is 9.68. The highest BCUT2D eigenvalue weighted by Crippen LogP contribution is 2.31. The van der Waals surface area contributed by atoms with Crippen molar-refractivity contribution in [3.05, 3.63) is 59.8 Å². The number of amides is 1. The first-order valence-electron chi connectivity index (χ1n) is 6.21. The van der Waals surface area contributed by atoms with Crippen LogP contribution < -0.4 is 5.32 Å². The van der Waals surface area contributed by atoms with Crippen LogP contribution in [0.1, 0.15) is 22.0 Å². The molecule has 0 saturated carbocycles. The van der Waals surface area contributed by atoms with E-state index in [1.54, 1.807) is 42.5 Å². The largest absolute Gasteiger partial charge is 0.387 e. The van der Waals surface area contributed by atoms with Crippen molar-refractivity contribution in [1.29, 1.82) is 0 Å². The van der Waals surface area contributed by atoms with Crippen LogP contribution in [0.2, 0.25) is 0 Å². The van der Waals surface area contributed by atoms with Crippen molar-refractivity contribution in [1.82, 2.24) is 4.98 Å². The summed E-state index contributed by atoms with van der Waals surface area (Å²) < 4.78 is 0. The molecule has 2 aromatic rings. The molecule has 20 heavy (non-hydrogen) atoms. The van der Waals surface area contributed by atoms with Gasteiger partial charge in [0.2, 0.25) is 5.91 Å². The van der Waals surface area contributed by atoms with Crippen LogP contribution in [-0.4, -0.2) is 21.8 Å². The fraction of sp³-hybridized carbons (Fsp3) is 0.133. The second-order valence-electron chi connectivity index (χ2n) is 4.59. The van der Waals surface area contributed by atoms with E-state index in [1.807, 2.05) is 0 Å². The van der Waals surface area contributed by atoms with Gasteiger partial charge < -0.3 is 10.4 Å². The molecule has 1 amide bonds. The van der Waals surface area contributed by atoms with Crippen molar-refractivity contribution in [2.45, 2.75) is 6.10 Å². The number of pyridine rings is 1. The van der Waals surface area contributed by atoms with E-state index in [9.17, 15) is 14.7 Å². The summed E-state index contributed by atoms with van der Waals surface area (Å²) in [6, 6.07) is 11.9. The van der Waals surface area contributed by atoms with Gasteiger partial charge in [-0.2, -0.15) is 0 Å². The number of aromatic nitrogens is 1. The standard InChI is InChI=1S/C15H12N2O3/c18-12(9-5-2-1-3-6-9)11-13(19)10-7-4-8-16-14(10)17-15(11)20/h1-8,11-12,18H,(H,16,17,20). The number of aliphatic hydroxyl groups is 1. The first-order valence-corrected chi connectivity index (χ1v) is 6.21. The lowest BCUT2D eigenvalue weighted by Gasteiger charge is -2.26. The lowest BCUT2D eigenvalue weighted by molar-refractivity contribution is -0.121. The normalized spacial score (nSPS) is 19.1. The summed E-state index contributed by atoms with van der Waals surface area (Å²) in [4.78, 5) is 28.4. The number of benzene rings is 1. The number of anilines is 1. The molecule has 2 heterocycles. The average Bonchev–Trinajstić information content (AvgIpc) is 2.48. The fourth-order valence-corrected chi connectivity index (χ4v) is 2.31. The van der Waals surface area contributed by atoms with E-state index < -0.39 is 23.7 Å². The molecular formula is C15H12N2O3. The monoisotopic (exact) mass is 268 g/mol. The third-order valence-corrected chi connectivity index (χ3v) is 3.34. The molecule has 100 valence electrons. The summed E-state index contributed by atoms with van der Waals surface area (Å²) in [5, 5.41) is 12.9. The number of carbonyl (C=O) groups is 2. The molecule has 1 aliphatic heterocycles. The van der Waals surface area contributed by atoms with Crippen LogP contribution in [0, 0.1) is 5.92 Å². The van der Waals surface area contributed by atoms with Crippen molar-refractivity contribution in [2.24, 2.45) is 5.92 Å². The molecule has 1 aromatic heterocycles. The van der Waals surface area contributed by atoms with Gasteiger partial charge in [0, 0.05) is 6.20 Å². The van der Waals surface area contributed by atoms with Gasteiger partial charge in [-0.05, 0) is 17.7 Å². The molecule has 1 aromatic carbocycles. The molecule has 0 fully saturated rings. The predicted octanol–water partition coefficient (Wildman–Crippen LogP) is 1.57. The maximum Gasteiger partial charge on any atom is 0.239 e. The lowest BCUT2D eigenvalue weighted by Crippen LogP contribution is -2.39. The van der Waals surface area contributed by atoms with E-state index in [0.29, 0.717) is 11.1 Å². The Balaban J connectivity index is 1.99. The van der Waals surface area contributed by atoms with E-state index in [0.717, 1.165) is 0 Å². The molecule has 5 nitrogen and oxygen atoms in total. The summed E-state index contributed by atoms with van der Waals surface area (Å²) in [5.41, 5.74) is 0.862. The van der Waals surface area contributed by atoms with E-state index in [-0.39, 0.29) is 5.82 Å². The zero-order valence-corrected chi connectivity index (χ0v) is 10.5. The number of nitrogens with one attached hydrogen (secondary N) is 1. The number of Topliss-reactive ketones (excluding diaryl/α,β-unsaturated/α-hetero) is 1. The third-order valence-electron chi connectivity index (χ3n) is 3.34. The van der Waals surface area contributed by atoms with Gasteiger partial charge in [0.05, 0.1) is 11.7 Å². The summed E-state index contributed by atoms with van der Waals surface area (Å²) in [5.74, 6) is -1.83. The van der Waals surface area contributed by atoms with E-state index in [1.165, 1.54) is 6.20 Å².